The number of methoxy groups -OCH3 is 1. The van der Waals surface area contributed by atoms with E-state index in [1.807, 2.05) is 6.92 Å². The topological polar surface area (TPSA) is 82.8 Å². The number of carbonyl (C=O) groups is 1. The molecule has 16 heavy (non-hydrogen) atoms. The number of nitrogens with zero attached hydrogens (tertiary/aromatic N) is 5. The number of aryl methyl sites for hydroxylation is 1. The largest absolute Gasteiger partial charge is 0.463 e. The van der Waals surface area contributed by atoms with Crippen LogP contribution in [0.5, 0.6) is 0 Å². The summed E-state index contributed by atoms with van der Waals surface area (Å²) in [5.74, 6) is -0.0292. The molecule has 0 N–H and O–H groups in total. The van der Waals surface area contributed by atoms with Crippen LogP contribution < -0.4 is 0 Å². The van der Waals surface area contributed by atoms with E-state index < -0.39 is 5.97 Å². The maximum absolute atomic E-state index is 11.1. The van der Waals surface area contributed by atoms with Gasteiger partial charge in [0.15, 0.2) is 5.82 Å². The average Bonchev–Trinajstić information content (AvgIpc) is 2.77. The zero-order valence-electron chi connectivity index (χ0n) is 8.78. The third-order valence-electron chi connectivity index (χ3n) is 1.88. The van der Waals surface area contributed by atoms with Crippen molar-refractivity contribution in [3.63, 3.8) is 0 Å². The zero-order valence-corrected chi connectivity index (χ0v) is 8.78. The van der Waals surface area contributed by atoms with Crippen molar-refractivity contribution in [2.75, 3.05) is 7.11 Å². The smallest absolute Gasteiger partial charge is 0.377 e. The van der Waals surface area contributed by atoms with Gasteiger partial charge in [-0.05, 0) is 6.92 Å². The summed E-state index contributed by atoms with van der Waals surface area (Å²) in [5.41, 5.74) is 0.806. The van der Waals surface area contributed by atoms with Gasteiger partial charge in [0.1, 0.15) is 12.7 Å². The van der Waals surface area contributed by atoms with Crippen molar-refractivity contribution in [3.05, 3.63) is 30.2 Å². The Morgan fingerprint density at radius 1 is 1.38 bits per heavy atom. The van der Waals surface area contributed by atoms with Crippen LogP contribution in [0.25, 0.3) is 5.82 Å². The second-order valence-corrected chi connectivity index (χ2v) is 3.02. The van der Waals surface area contributed by atoms with Crippen molar-refractivity contribution < 1.29 is 9.53 Å². The summed E-state index contributed by atoms with van der Waals surface area (Å²) in [6.45, 7) is 1.84. The van der Waals surface area contributed by atoms with E-state index >= 15 is 0 Å². The minimum Gasteiger partial charge on any atom is -0.463 e. The minimum absolute atomic E-state index is 0.00114. The molecule has 0 bridgehead atoms. The molecular formula is C9H9N5O2. The third-order valence-corrected chi connectivity index (χ3v) is 1.88. The summed E-state index contributed by atoms with van der Waals surface area (Å²) in [7, 11) is 1.28. The van der Waals surface area contributed by atoms with Gasteiger partial charge in [-0.25, -0.2) is 24.4 Å². The molecule has 7 nitrogen and oxygen atoms in total. The van der Waals surface area contributed by atoms with E-state index in [0.717, 1.165) is 5.69 Å². The Labute approximate surface area is 91.1 Å². The third kappa shape index (κ3) is 1.88. The number of carbonyl (C=O) groups excluding carboxylic acids is 1. The summed E-state index contributed by atoms with van der Waals surface area (Å²) in [6, 6.07) is 1.73. The molecule has 2 heterocycles. The quantitative estimate of drug-likeness (QED) is 0.669. The Kier molecular flexibility index (Phi) is 2.59. The first-order chi connectivity index (χ1) is 7.70. The molecular weight excluding hydrogens is 210 g/mol. The molecule has 0 unspecified atom stereocenters. The predicted octanol–water partition coefficient (Wildman–Crippen LogP) is 0.152. The highest BCUT2D eigenvalue weighted by atomic mass is 16.5. The van der Waals surface area contributed by atoms with Crippen molar-refractivity contribution in [2.45, 2.75) is 6.92 Å². The van der Waals surface area contributed by atoms with Gasteiger partial charge in [0, 0.05) is 11.8 Å². The van der Waals surface area contributed by atoms with E-state index in [1.54, 1.807) is 6.07 Å². The molecule has 82 valence electrons. The Morgan fingerprint density at radius 3 is 2.88 bits per heavy atom. The molecule has 0 aliphatic heterocycles. The van der Waals surface area contributed by atoms with Crippen LogP contribution in [0.15, 0.2) is 18.7 Å². The molecule has 2 aromatic rings. The molecule has 2 rings (SSSR count). The molecule has 2 aromatic heterocycles. The SMILES string of the molecule is COC(=O)c1ncn(-c2cc(C)ncn2)n1. The van der Waals surface area contributed by atoms with E-state index in [0.29, 0.717) is 5.82 Å². The van der Waals surface area contributed by atoms with Crippen molar-refractivity contribution in [2.24, 2.45) is 0 Å². The maximum atomic E-state index is 11.1. The number of ether oxygens (including phenoxy) is 1. The molecule has 7 heteroatoms. The summed E-state index contributed by atoms with van der Waals surface area (Å²) in [4.78, 5) is 22.9. The molecule has 0 fully saturated rings. The molecule has 0 spiro atoms. The van der Waals surface area contributed by atoms with Gasteiger partial charge >= 0.3 is 5.97 Å². The van der Waals surface area contributed by atoms with Crippen LogP contribution in [0.4, 0.5) is 0 Å². The predicted molar refractivity (Wildman–Crippen MR) is 53.0 cm³/mol. The number of hydrogen-bond acceptors (Lipinski definition) is 6. The van der Waals surface area contributed by atoms with Crippen molar-refractivity contribution in [1.82, 2.24) is 24.7 Å². The molecule has 0 aromatic carbocycles. The lowest BCUT2D eigenvalue weighted by Crippen LogP contribution is -2.06. The summed E-state index contributed by atoms with van der Waals surface area (Å²) >= 11 is 0. The van der Waals surface area contributed by atoms with E-state index in [9.17, 15) is 4.79 Å². The number of esters is 1. The van der Waals surface area contributed by atoms with Crippen LogP contribution in [-0.4, -0.2) is 37.8 Å². The van der Waals surface area contributed by atoms with Crippen LogP contribution >= 0.6 is 0 Å². The lowest BCUT2D eigenvalue weighted by Gasteiger charge is -1.98. The maximum Gasteiger partial charge on any atom is 0.377 e. The van der Waals surface area contributed by atoms with Crippen molar-refractivity contribution in [1.29, 1.82) is 0 Å². The normalized spacial score (nSPS) is 10.1. The lowest BCUT2D eigenvalue weighted by molar-refractivity contribution is 0.0587. The second-order valence-electron chi connectivity index (χ2n) is 3.02. The van der Waals surface area contributed by atoms with Crippen LogP contribution in [0, 0.1) is 6.92 Å². The average molecular weight is 219 g/mol. The number of aromatic nitrogens is 5. The van der Waals surface area contributed by atoms with Gasteiger partial charge in [-0.1, -0.05) is 0 Å². The fourth-order valence-electron chi connectivity index (χ4n) is 1.12. The minimum atomic E-state index is -0.579. The molecule has 0 amide bonds. The Hall–Kier alpha value is -2.31. The fourth-order valence-corrected chi connectivity index (χ4v) is 1.12. The highest BCUT2D eigenvalue weighted by Crippen LogP contribution is 2.03. The first-order valence-electron chi connectivity index (χ1n) is 4.49. The molecule has 0 aliphatic rings. The van der Waals surface area contributed by atoms with Gasteiger partial charge in [0.25, 0.3) is 5.82 Å². The highest BCUT2D eigenvalue weighted by Gasteiger charge is 2.12. The van der Waals surface area contributed by atoms with E-state index in [2.05, 4.69) is 24.8 Å². The lowest BCUT2D eigenvalue weighted by atomic mass is 10.4. The van der Waals surface area contributed by atoms with Gasteiger partial charge in [0.05, 0.1) is 7.11 Å². The van der Waals surface area contributed by atoms with Crippen LogP contribution in [0.3, 0.4) is 0 Å². The van der Waals surface area contributed by atoms with Crippen LogP contribution in [0.2, 0.25) is 0 Å². The Bertz CT molecular complexity index is 522. The van der Waals surface area contributed by atoms with Gasteiger partial charge in [-0.2, -0.15) is 0 Å². The molecule has 0 radical (unpaired) electrons. The summed E-state index contributed by atoms with van der Waals surface area (Å²) in [5, 5.41) is 3.93. The molecule has 0 saturated heterocycles. The van der Waals surface area contributed by atoms with E-state index in [4.69, 9.17) is 0 Å². The molecule has 0 saturated carbocycles. The summed E-state index contributed by atoms with van der Waals surface area (Å²) in [6.07, 6.45) is 2.82. The van der Waals surface area contributed by atoms with Gasteiger partial charge < -0.3 is 4.74 Å². The number of rotatable bonds is 2. The van der Waals surface area contributed by atoms with Crippen LogP contribution in [0.1, 0.15) is 16.3 Å². The summed E-state index contributed by atoms with van der Waals surface area (Å²) < 4.78 is 5.89. The Morgan fingerprint density at radius 2 is 2.19 bits per heavy atom. The molecule has 0 atom stereocenters. The molecule has 0 aliphatic carbocycles. The second kappa shape index (κ2) is 4.05. The van der Waals surface area contributed by atoms with E-state index in [1.165, 1.54) is 24.4 Å². The highest BCUT2D eigenvalue weighted by molar-refractivity contribution is 5.84. The van der Waals surface area contributed by atoms with Crippen molar-refractivity contribution >= 4 is 5.97 Å². The number of hydrogen-bond donors (Lipinski definition) is 0. The fraction of sp³-hybridized carbons (Fsp3) is 0.222. The van der Waals surface area contributed by atoms with E-state index in [-0.39, 0.29) is 5.82 Å². The standard InChI is InChI=1S/C9H9N5O2/c1-6-3-7(11-4-10-6)14-5-12-8(13-14)9(15)16-2/h3-5H,1-2H3. The monoisotopic (exact) mass is 219 g/mol. The van der Waals surface area contributed by atoms with Gasteiger partial charge in [-0.15, -0.1) is 5.10 Å². The first kappa shape index (κ1) is 10.2. The van der Waals surface area contributed by atoms with Crippen LogP contribution in [-0.2, 0) is 4.74 Å². The Balaban J connectivity index is 2.35. The zero-order chi connectivity index (χ0) is 11.5. The first-order valence-corrected chi connectivity index (χ1v) is 4.49. The van der Waals surface area contributed by atoms with Gasteiger partial charge in [0.2, 0.25) is 0 Å². The van der Waals surface area contributed by atoms with Gasteiger partial charge in [-0.3, -0.25) is 0 Å². The van der Waals surface area contributed by atoms with Crippen molar-refractivity contribution in [3.8, 4) is 5.82 Å².